The van der Waals surface area contributed by atoms with Crippen LogP contribution in [0, 0.1) is 0 Å². The highest BCUT2D eigenvalue weighted by molar-refractivity contribution is 8.23. The second-order valence-electron chi connectivity index (χ2n) is 4.42. The molecule has 1 aromatic heterocycles. The van der Waals surface area contributed by atoms with Gasteiger partial charge in [0.15, 0.2) is 0 Å². The standard InChI is InChI=1S/C14H11NO4S2/c1-18-9-3-2-8-6-10(13(17)19-11(8)7-9)12(16)15-4-5-21-14(15)20/h2-3,6-7H,4-5H2,1H3. The molecule has 1 amide bonds. The summed E-state index contributed by atoms with van der Waals surface area (Å²) < 4.78 is 10.8. The van der Waals surface area contributed by atoms with Gasteiger partial charge in [0.1, 0.15) is 21.2 Å². The highest BCUT2D eigenvalue weighted by Gasteiger charge is 2.27. The molecule has 2 aromatic rings. The first-order valence-electron chi connectivity index (χ1n) is 6.20. The summed E-state index contributed by atoms with van der Waals surface area (Å²) in [5.74, 6) is 0.930. The Morgan fingerprint density at radius 1 is 1.43 bits per heavy atom. The lowest BCUT2D eigenvalue weighted by Gasteiger charge is -2.13. The molecule has 1 aliphatic heterocycles. The summed E-state index contributed by atoms with van der Waals surface area (Å²) in [7, 11) is 1.53. The van der Waals surface area contributed by atoms with Gasteiger partial charge in [-0.2, -0.15) is 0 Å². The summed E-state index contributed by atoms with van der Waals surface area (Å²) >= 11 is 6.54. The van der Waals surface area contributed by atoms with E-state index in [0.29, 0.717) is 27.6 Å². The molecule has 0 unspecified atom stereocenters. The number of carbonyl (C=O) groups excluding carboxylic acids is 1. The molecule has 0 radical (unpaired) electrons. The number of thiocarbonyl (C=S) groups is 1. The largest absolute Gasteiger partial charge is 0.497 e. The van der Waals surface area contributed by atoms with Gasteiger partial charge in [-0.3, -0.25) is 9.69 Å². The van der Waals surface area contributed by atoms with Crippen LogP contribution in [-0.2, 0) is 0 Å². The van der Waals surface area contributed by atoms with Crippen LogP contribution in [0.2, 0.25) is 0 Å². The number of amides is 1. The number of nitrogens with zero attached hydrogens (tertiary/aromatic N) is 1. The number of hydrogen-bond acceptors (Lipinski definition) is 6. The summed E-state index contributed by atoms with van der Waals surface area (Å²) in [5, 5.41) is 0.663. The maximum atomic E-state index is 12.4. The topological polar surface area (TPSA) is 59.8 Å². The molecule has 3 rings (SSSR count). The molecular weight excluding hydrogens is 310 g/mol. The van der Waals surface area contributed by atoms with Crippen molar-refractivity contribution in [3.05, 3.63) is 40.2 Å². The van der Waals surface area contributed by atoms with Gasteiger partial charge in [-0.05, 0) is 18.2 Å². The van der Waals surface area contributed by atoms with Crippen molar-refractivity contribution in [1.29, 1.82) is 0 Å². The highest BCUT2D eigenvalue weighted by Crippen LogP contribution is 2.23. The first-order chi connectivity index (χ1) is 10.1. The molecule has 0 spiro atoms. The summed E-state index contributed by atoms with van der Waals surface area (Å²) in [6, 6.07) is 6.63. The minimum atomic E-state index is -0.666. The predicted molar refractivity (Wildman–Crippen MR) is 85.1 cm³/mol. The van der Waals surface area contributed by atoms with Crippen molar-refractivity contribution in [2.75, 3.05) is 19.4 Å². The fraction of sp³-hybridized carbons (Fsp3) is 0.214. The molecule has 2 heterocycles. The molecule has 0 N–H and O–H groups in total. The Morgan fingerprint density at radius 2 is 2.24 bits per heavy atom. The molecule has 21 heavy (non-hydrogen) atoms. The highest BCUT2D eigenvalue weighted by atomic mass is 32.2. The minimum Gasteiger partial charge on any atom is -0.497 e. The van der Waals surface area contributed by atoms with E-state index >= 15 is 0 Å². The van der Waals surface area contributed by atoms with Crippen molar-refractivity contribution < 1.29 is 13.9 Å². The van der Waals surface area contributed by atoms with E-state index in [-0.39, 0.29) is 5.56 Å². The second kappa shape index (κ2) is 5.50. The number of fused-ring (bicyclic) bond motifs is 1. The molecule has 0 bridgehead atoms. The Kier molecular flexibility index (Phi) is 3.69. The van der Waals surface area contributed by atoms with Crippen LogP contribution >= 0.6 is 24.0 Å². The van der Waals surface area contributed by atoms with Crippen molar-refractivity contribution >= 4 is 45.2 Å². The Balaban J connectivity index is 2.07. The molecule has 108 valence electrons. The average Bonchev–Trinajstić information content (AvgIpc) is 2.91. The number of rotatable bonds is 2. The molecular formula is C14H11NO4S2. The van der Waals surface area contributed by atoms with Gasteiger partial charge in [0.25, 0.3) is 5.91 Å². The maximum Gasteiger partial charge on any atom is 0.349 e. The molecule has 0 aliphatic carbocycles. The SMILES string of the molecule is COc1ccc2cc(C(=O)N3CCSC3=S)c(=O)oc2c1. The molecule has 1 saturated heterocycles. The third-order valence-corrected chi connectivity index (χ3v) is 4.61. The van der Waals surface area contributed by atoms with Gasteiger partial charge in [-0.15, -0.1) is 0 Å². The van der Waals surface area contributed by atoms with Crippen LogP contribution in [0.1, 0.15) is 10.4 Å². The first-order valence-corrected chi connectivity index (χ1v) is 7.60. The molecule has 1 fully saturated rings. The van der Waals surface area contributed by atoms with Crippen molar-refractivity contribution in [2.45, 2.75) is 0 Å². The zero-order valence-corrected chi connectivity index (χ0v) is 12.8. The van der Waals surface area contributed by atoms with Crippen LogP contribution in [-0.4, -0.2) is 34.5 Å². The number of carbonyl (C=O) groups is 1. The minimum absolute atomic E-state index is 0.00230. The third-order valence-electron chi connectivity index (χ3n) is 3.18. The van der Waals surface area contributed by atoms with Crippen molar-refractivity contribution in [1.82, 2.24) is 4.90 Å². The lowest BCUT2D eigenvalue weighted by molar-refractivity contribution is 0.0858. The van der Waals surface area contributed by atoms with E-state index in [1.54, 1.807) is 18.2 Å². The average molecular weight is 321 g/mol. The van der Waals surface area contributed by atoms with Crippen LogP contribution < -0.4 is 10.4 Å². The van der Waals surface area contributed by atoms with Crippen LogP contribution in [0.3, 0.4) is 0 Å². The molecule has 0 saturated carbocycles. The lowest BCUT2D eigenvalue weighted by Crippen LogP contribution is -2.33. The summed E-state index contributed by atoms with van der Waals surface area (Å²) in [4.78, 5) is 25.9. The van der Waals surface area contributed by atoms with Gasteiger partial charge in [0.05, 0.1) is 7.11 Å². The number of benzene rings is 1. The Morgan fingerprint density at radius 3 is 2.90 bits per heavy atom. The lowest BCUT2D eigenvalue weighted by atomic mass is 10.1. The zero-order chi connectivity index (χ0) is 15.0. The van der Waals surface area contributed by atoms with E-state index in [4.69, 9.17) is 21.4 Å². The van der Waals surface area contributed by atoms with Gasteiger partial charge in [0, 0.05) is 23.8 Å². The Hall–Kier alpha value is -1.86. The van der Waals surface area contributed by atoms with Gasteiger partial charge >= 0.3 is 5.63 Å². The fourth-order valence-electron chi connectivity index (χ4n) is 2.09. The van der Waals surface area contributed by atoms with Gasteiger partial charge in [-0.25, -0.2) is 4.79 Å². The van der Waals surface area contributed by atoms with Crippen LogP contribution in [0.25, 0.3) is 11.0 Å². The molecule has 0 atom stereocenters. The monoisotopic (exact) mass is 321 g/mol. The molecule has 1 aromatic carbocycles. The fourth-order valence-corrected chi connectivity index (χ4v) is 3.29. The molecule has 1 aliphatic rings. The van der Waals surface area contributed by atoms with Gasteiger partial charge < -0.3 is 9.15 Å². The number of ether oxygens (including phenoxy) is 1. The summed E-state index contributed by atoms with van der Waals surface area (Å²) in [6.07, 6.45) is 0. The van der Waals surface area contributed by atoms with Gasteiger partial charge in [-0.1, -0.05) is 24.0 Å². The third kappa shape index (κ3) is 2.54. The van der Waals surface area contributed by atoms with Crippen LogP contribution in [0.4, 0.5) is 0 Å². The quantitative estimate of drug-likeness (QED) is 0.625. The van der Waals surface area contributed by atoms with Gasteiger partial charge in [0.2, 0.25) is 0 Å². The normalized spacial score (nSPS) is 14.7. The molecule has 5 nitrogen and oxygen atoms in total. The van der Waals surface area contributed by atoms with Crippen LogP contribution in [0.15, 0.2) is 33.5 Å². The van der Waals surface area contributed by atoms with E-state index in [1.807, 2.05) is 0 Å². The van der Waals surface area contributed by atoms with E-state index in [0.717, 1.165) is 5.75 Å². The summed E-state index contributed by atoms with van der Waals surface area (Å²) in [5.41, 5.74) is -0.285. The van der Waals surface area contributed by atoms with E-state index < -0.39 is 11.5 Å². The van der Waals surface area contributed by atoms with E-state index in [1.165, 1.54) is 29.8 Å². The number of thioether (sulfide) groups is 1. The van der Waals surface area contributed by atoms with Crippen molar-refractivity contribution in [3.8, 4) is 5.75 Å². The van der Waals surface area contributed by atoms with Crippen LogP contribution in [0.5, 0.6) is 5.75 Å². The summed E-state index contributed by atoms with van der Waals surface area (Å²) in [6.45, 7) is 0.516. The smallest absolute Gasteiger partial charge is 0.349 e. The second-order valence-corrected chi connectivity index (χ2v) is 6.15. The van der Waals surface area contributed by atoms with E-state index in [9.17, 15) is 9.59 Å². The number of hydrogen-bond donors (Lipinski definition) is 0. The van der Waals surface area contributed by atoms with E-state index in [2.05, 4.69) is 0 Å². The predicted octanol–water partition coefficient (Wildman–Crippen LogP) is 2.28. The van der Waals surface area contributed by atoms with Crippen molar-refractivity contribution in [3.63, 3.8) is 0 Å². The zero-order valence-electron chi connectivity index (χ0n) is 11.1. The van der Waals surface area contributed by atoms with Crippen molar-refractivity contribution in [2.24, 2.45) is 0 Å². The molecule has 7 heteroatoms. The Labute approximate surface area is 129 Å². The number of methoxy groups -OCH3 is 1. The maximum absolute atomic E-state index is 12.4. The first kappa shape index (κ1) is 14.1. The Bertz CT molecular complexity index is 799.